The zero-order chi connectivity index (χ0) is 19.0. The highest BCUT2D eigenvalue weighted by molar-refractivity contribution is 6.40. The lowest BCUT2D eigenvalue weighted by molar-refractivity contribution is -0.138. The van der Waals surface area contributed by atoms with Crippen molar-refractivity contribution in [3.8, 4) is 0 Å². The Balaban J connectivity index is 1.41. The molecule has 3 N–H and O–H groups in total. The second-order valence-electron chi connectivity index (χ2n) is 7.37. The molecule has 2 heterocycles. The fraction of sp³-hybridized carbons (Fsp3) is 0.474. The summed E-state index contributed by atoms with van der Waals surface area (Å²) in [6.45, 7) is 0.569. The summed E-state index contributed by atoms with van der Waals surface area (Å²) >= 11 is 0. The van der Waals surface area contributed by atoms with E-state index in [9.17, 15) is 18.4 Å². The zero-order valence-electron chi connectivity index (χ0n) is 14.7. The van der Waals surface area contributed by atoms with Crippen molar-refractivity contribution in [3.05, 3.63) is 30.0 Å². The van der Waals surface area contributed by atoms with E-state index in [-0.39, 0.29) is 17.3 Å². The van der Waals surface area contributed by atoms with E-state index in [1.54, 1.807) is 0 Å². The maximum absolute atomic E-state index is 13.5. The van der Waals surface area contributed by atoms with Crippen molar-refractivity contribution >= 4 is 28.4 Å². The van der Waals surface area contributed by atoms with Crippen molar-refractivity contribution < 1.29 is 23.1 Å². The molecule has 0 radical (unpaired) electrons. The van der Waals surface area contributed by atoms with Crippen LogP contribution in [0.4, 0.5) is 14.5 Å². The number of amides is 2. The van der Waals surface area contributed by atoms with Crippen LogP contribution in [-0.4, -0.2) is 35.0 Å². The molecular weight excluding hydrogens is 356 g/mol. The van der Waals surface area contributed by atoms with Crippen molar-refractivity contribution in [2.24, 2.45) is 0 Å². The second kappa shape index (κ2) is 6.92. The monoisotopic (exact) mass is 377 g/mol. The van der Waals surface area contributed by atoms with Crippen LogP contribution in [0.1, 0.15) is 38.5 Å². The molecular formula is C19H21F2N3O3. The van der Waals surface area contributed by atoms with E-state index in [4.69, 9.17) is 4.74 Å². The van der Waals surface area contributed by atoms with Gasteiger partial charge >= 0.3 is 11.8 Å². The van der Waals surface area contributed by atoms with Gasteiger partial charge in [0.15, 0.2) is 11.6 Å². The Bertz CT molecular complexity index is 890. The maximum Gasteiger partial charge on any atom is 0.313 e. The molecule has 1 aliphatic heterocycles. The van der Waals surface area contributed by atoms with Gasteiger partial charge < -0.3 is 20.4 Å². The van der Waals surface area contributed by atoms with Crippen molar-refractivity contribution in [1.29, 1.82) is 0 Å². The molecule has 1 saturated heterocycles. The molecule has 0 bridgehead atoms. The zero-order valence-corrected chi connectivity index (χ0v) is 14.7. The highest BCUT2D eigenvalue weighted by Gasteiger charge is 2.40. The molecule has 1 aliphatic carbocycles. The molecule has 2 aromatic rings. The molecule has 8 heteroatoms. The fourth-order valence-corrected chi connectivity index (χ4v) is 4.17. The third kappa shape index (κ3) is 3.53. The Labute approximate surface area is 154 Å². The summed E-state index contributed by atoms with van der Waals surface area (Å²) < 4.78 is 32.7. The first-order chi connectivity index (χ1) is 13.0. The van der Waals surface area contributed by atoms with Crippen LogP contribution in [0, 0.1) is 11.6 Å². The minimum Gasteiger partial charge on any atom is -0.375 e. The predicted octanol–water partition coefficient (Wildman–Crippen LogP) is 2.99. The second-order valence-corrected chi connectivity index (χ2v) is 7.37. The number of aromatic amines is 1. The Kier molecular flexibility index (Phi) is 4.59. The van der Waals surface area contributed by atoms with Gasteiger partial charge in [0.2, 0.25) is 0 Å². The van der Waals surface area contributed by atoms with Gasteiger partial charge in [0, 0.05) is 30.3 Å². The molecule has 1 atom stereocenters. The highest BCUT2D eigenvalue weighted by atomic mass is 19.2. The van der Waals surface area contributed by atoms with E-state index >= 15 is 0 Å². The number of aromatic nitrogens is 1. The lowest BCUT2D eigenvalue weighted by Gasteiger charge is -2.38. The molecule has 1 aromatic heterocycles. The van der Waals surface area contributed by atoms with Crippen LogP contribution >= 0.6 is 0 Å². The number of anilines is 1. The molecule has 1 spiro atoms. The van der Waals surface area contributed by atoms with Gasteiger partial charge in [0.1, 0.15) is 0 Å². The van der Waals surface area contributed by atoms with Gasteiger partial charge in [-0.1, -0.05) is 12.8 Å². The largest absolute Gasteiger partial charge is 0.375 e. The number of hydrogen-bond acceptors (Lipinski definition) is 3. The average molecular weight is 377 g/mol. The SMILES string of the molecule is O=C(Nc1c[nH]c2cc(F)c(F)cc12)C(=O)N[C@@H]1CCOC2(CCCC2)C1. The van der Waals surface area contributed by atoms with Gasteiger partial charge in [-0.25, -0.2) is 8.78 Å². The number of fused-ring (bicyclic) bond motifs is 1. The third-order valence-corrected chi connectivity index (χ3v) is 5.52. The molecule has 2 amide bonds. The Morgan fingerprint density at radius 3 is 2.67 bits per heavy atom. The molecule has 2 fully saturated rings. The van der Waals surface area contributed by atoms with Crippen molar-refractivity contribution in [3.63, 3.8) is 0 Å². The van der Waals surface area contributed by atoms with Gasteiger partial charge in [-0.2, -0.15) is 0 Å². The van der Waals surface area contributed by atoms with E-state index < -0.39 is 23.4 Å². The number of carbonyl (C=O) groups excluding carboxylic acids is 2. The maximum atomic E-state index is 13.5. The van der Waals surface area contributed by atoms with E-state index in [1.807, 2.05) is 0 Å². The summed E-state index contributed by atoms with van der Waals surface area (Å²) in [6, 6.07) is 1.88. The first-order valence-electron chi connectivity index (χ1n) is 9.18. The summed E-state index contributed by atoms with van der Waals surface area (Å²) in [5, 5.41) is 5.53. The molecule has 1 aromatic carbocycles. The molecule has 144 valence electrons. The fourth-order valence-electron chi connectivity index (χ4n) is 4.17. The summed E-state index contributed by atoms with van der Waals surface area (Å²) in [5.74, 6) is -3.59. The standard InChI is InChI=1S/C19H21F2N3O3/c20-13-7-12-15(8-14(13)21)22-10-16(12)24-18(26)17(25)23-11-3-6-27-19(9-11)4-1-2-5-19/h7-8,10-11,22H,1-6,9H2,(H,23,25)(H,24,26)/t11-/m1/s1. The van der Waals surface area contributed by atoms with Gasteiger partial charge in [0.25, 0.3) is 0 Å². The molecule has 0 unspecified atom stereocenters. The van der Waals surface area contributed by atoms with Gasteiger partial charge in [0.05, 0.1) is 16.8 Å². The quantitative estimate of drug-likeness (QED) is 0.704. The number of carbonyl (C=O) groups is 2. The van der Waals surface area contributed by atoms with Crippen LogP contribution in [0.3, 0.4) is 0 Å². The third-order valence-electron chi connectivity index (χ3n) is 5.52. The van der Waals surface area contributed by atoms with Crippen LogP contribution < -0.4 is 10.6 Å². The minimum absolute atomic E-state index is 0.107. The Morgan fingerprint density at radius 2 is 1.89 bits per heavy atom. The molecule has 6 nitrogen and oxygen atoms in total. The lowest BCUT2D eigenvalue weighted by Crippen LogP contribution is -2.49. The van der Waals surface area contributed by atoms with Crippen molar-refractivity contribution in [2.45, 2.75) is 50.2 Å². The van der Waals surface area contributed by atoms with Crippen LogP contribution in [0.25, 0.3) is 10.9 Å². The van der Waals surface area contributed by atoms with Gasteiger partial charge in [-0.05, 0) is 31.7 Å². The number of nitrogens with one attached hydrogen (secondary N) is 3. The van der Waals surface area contributed by atoms with E-state index in [1.165, 1.54) is 6.20 Å². The number of rotatable bonds is 2. The number of H-pyrrole nitrogens is 1. The van der Waals surface area contributed by atoms with Crippen LogP contribution in [0.15, 0.2) is 18.3 Å². The predicted molar refractivity (Wildman–Crippen MR) is 95.2 cm³/mol. The summed E-state index contributed by atoms with van der Waals surface area (Å²) in [4.78, 5) is 27.3. The lowest BCUT2D eigenvalue weighted by atomic mass is 9.89. The van der Waals surface area contributed by atoms with E-state index in [0.717, 1.165) is 37.8 Å². The normalized spacial score (nSPS) is 21.5. The minimum atomic E-state index is -1.02. The molecule has 27 heavy (non-hydrogen) atoms. The molecule has 4 rings (SSSR count). The summed E-state index contributed by atoms with van der Waals surface area (Å²) in [7, 11) is 0. The number of hydrogen-bond donors (Lipinski definition) is 3. The molecule has 1 saturated carbocycles. The van der Waals surface area contributed by atoms with Crippen LogP contribution in [0.5, 0.6) is 0 Å². The highest BCUT2D eigenvalue weighted by Crippen LogP contribution is 2.40. The van der Waals surface area contributed by atoms with Crippen LogP contribution in [-0.2, 0) is 14.3 Å². The van der Waals surface area contributed by atoms with E-state index in [2.05, 4.69) is 15.6 Å². The number of halogens is 2. The van der Waals surface area contributed by atoms with Crippen molar-refractivity contribution in [2.75, 3.05) is 11.9 Å². The summed E-state index contributed by atoms with van der Waals surface area (Å²) in [6.07, 6.45) is 7.00. The summed E-state index contributed by atoms with van der Waals surface area (Å²) in [5.41, 5.74) is 0.394. The average Bonchev–Trinajstić information content (AvgIpc) is 3.23. The number of ether oxygens (including phenoxy) is 1. The smallest absolute Gasteiger partial charge is 0.313 e. The van der Waals surface area contributed by atoms with Gasteiger partial charge in [-0.3, -0.25) is 9.59 Å². The van der Waals surface area contributed by atoms with Crippen LogP contribution in [0.2, 0.25) is 0 Å². The van der Waals surface area contributed by atoms with Crippen molar-refractivity contribution in [1.82, 2.24) is 10.3 Å². The van der Waals surface area contributed by atoms with E-state index in [0.29, 0.717) is 30.4 Å². The number of benzene rings is 1. The molecule has 2 aliphatic rings. The Hall–Kier alpha value is -2.48. The Morgan fingerprint density at radius 1 is 1.15 bits per heavy atom. The first kappa shape index (κ1) is 17.9. The van der Waals surface area contributed by atoms with Gasteiger partial charge in [-0.15, -0.1) is 0 Å². The topological polar surface area (TPSA) is 83.2 Å². The first-order valence-corrected chi connectivity index (χ1v) is 9.18.